The van der Waals surface area contributed by atoms with Crippen LogP contribution >= 0.6 is 0 Å². The predicted octanol–water partition coefficient (Wildman–Crippen LogP) is 0.881. The van der Waals surface area contributed by atoms with Gasteiger partial charge in [0.1, 0.15) is 0 Å². The maximum Gasteiger partial charge on any atom is 0.332 e. The molecular weight excluding hydrogens is 222 g/mol. The number of carboxylic acid groups (broad SMARTS) is 1. The third kappa shape index (κ3) is 6.00. The van der Waals surface area contributed by atoms with Gasteiger partial charge in [-0.15, -0.1) is 0 Å². The number of nitrogens with one attached hydrogen (secondary N) is 1. The molecule has 0 aromatic carbocycles. The van der Waals surface area contributed by atoms with Gasteiger partial charge in [-0.1, -0.05) is 13.8 Å². The van der Waals surface area contributed by atoms with Crippen molar-refractivity contribution in [2.45, 2.75) is 38.9 Å². The van der Waals surface area contributed by atoms with Crippen molar-refractivity contribution in [3.8, 4) is 0 Å². The van der Waals surface area contributed by atoms with Crippen molar-refractivity contribution < 1.29 is 19.4 Å². The van der Waals surface area contributed by atoms with Gasteiger partial charge in [-0.3, -0.25) is 0 Å². The van der Waals surface area contributed by atoms with Gasteiger partial charge in [0.2, 0.25) is 0 Å². The van der Waals surface area contributed by atoms with Crippen LogP contribution in [0.2, 0.25) is 0 Å². The Morgan fingerprint density at radius 2 is 2.29 bits per heavy atom. The van der Waals surface area contributed by atoms with E-state index in [1.165, 1.54) is 0 Å². The molecule has 100 valence electrons. The van der Waals surface area contributed by atoms with Crippen LogP contribution in [0.25, 0.3) is 0 Å². The zero-order chi connectivity index (χ0) is 12.7. The lowest BCUT2D eigenvalue weighted by Gasteiger charge is -2.12. The van der Waals surface area contributed by atoms with Crippen molar-refractivity contribution in [2.24, 2.45) is 5.92 Å². The summed E-state index contributed by atoms with van der Waals surface area (Å²) in [6, 6.07) is 0. The molecule has 5 heteroatoms. The summed E-state index contributed by atoms with van der Waals surface area (Å²) < 4.78 is 10.8. The summed E-state index contributed by atoms with van der Waals surface area (Å²) in [5.41, 5.74) is 0. The monoisotopic (exact) mass is 245 g/mol. The summed E-state index contributed by atoms with van der Waals surface area (Å²) in [7, 11) is 0. The third-order valence-corrected chi connectivity index (χ3v) is 2.63. The Labute approximate surface area is 102 Å². The van der Waals surface area contributed by atoms with Gasteiger partial charge in [0.25, 0.3) is 0 Å². The first kappa shape index (κ1) is 14.4. The molecule has 1 heterocycles. The average molecular weight is 245 g/mol. The molecule has 0 amide bonds. The van der Waals surface area contributed by atoms with Gasteiger partial charge in [-0.25, -0.2) is 4.79 Å². The fourth-order valence-electron chi connectivity index (χ4n) is 1.76. The first-order chi connectivity index (χ1) is 8.09. The second kappa shape index (κ2) is 7.63. The Bertz CT molecular complexity index is 233. The molecule has 0 aliphatic carbocycles. The first-order valence-corrected chi connectivity index (χ1v) is 6.26. The summed E-state index contributed by atoms with van der Waals surface area (Å²) in [4.78, 5) is 10.7. The van der Waals surface area contributed by atoms with E-state index in [1.807, 2.05) is 0 Å². The van der Waals surface area contributed by atoms with Crippen molar-refractivity contribution >= 4 is 5.97 Å². The number of ether oxygens (including phenoxy) is 2. The van der Waals surface area contributed by atoms with E-state index in [0.29, 0.717) is 25.5 Å². The fourth-order valence-corrected chi connectivity index (χ4v) is 1.76. The topological polar surface area (TPSA) is 67.8 Å². The summed E-state index contributed by atoms with van der Waals surface area (Å²) >= 11 is 0. The summed E-state index contributed by atoms with van der Waals surface area (Å²) in [6.45, 7) is 7.19. The number of carbonyl (C=O) groups is 1. The molecule has 2 N–H and O–H groups in total. The highest BCUT2D eigenvalue weighted by Crippen LogP contribution is 2.18. The number of hydrogen-bond donors (Lipinski definition) is 2. The lowest BCUT2D eigenvalue weighted by atomic mass is 10.2. The van der Waals surface area contributed by atoms with Gasteiger partial charge in [-0.2, -0.15) is 0 Å². The summed E-state index contributed by atoms with van der Waals surface area (Å²) in [5.74, 6) is -0.294. The Balaban J connectivity index is 1.95. The lowest BCUT2D eigenvalue weighted by molar-refractivity contribution is -0.149. The molecule has 17 heavy (non-hydrogen) atoms. The molecular formula is C12H23NO4. The second-order valence-corrected chi connectivity index (χ2v) is 4.84. The zero-order valence-corrected chi connectivity index (χ0v) is 10.6. The van der Waals surface area contributed by atoms with Gasteiger partial charge in [0, 0.05) is 19.7 Å². The molecule has 2 unspecified atom stereocenters. The van der Waals surface area contributed by atoms with Crippen LogP contribution in [0, 0.1) is 5.92 Å². The summed E-state index contributed by atoms with van der Waals surface area (Å²) in [6.07, 6.45) is 0.850. The summed E-state index contributed by atoms with van der Waals surface area (Å²) in [5, 5.41) is 12.0. The van der Waals surface area contributed by atoms with Crippen molar-refractivity contribution in [3.05, 3.63) is 0 Å². The predicted molar refractivity (Wildman–Crippen MR) is 64.1 cm³/mol. The van der Waals surface area contributed by atoms with Crippen molar-refractivity contribution in [1.29, 1.82) is 0 Å². The molecule has 1 aliphatic rings. The minimum atomic E-state index is -0.854. The van der Waals surface area contributed by atoms with Crippen LogP contribution in [0.5, 0.6) is 0 Å². The molecule has 0 aromatic heterocycles. The Hall–Kier alpha value is -0.650. The van der Waals surface area contributed by atoms with Gasteiger partial charge in [0.05, 0.1) is 12.7 Å². The minimum Gasteiger partial charge on any atom is -0.479 e. The SMILES string of the molecule is CC(C)COCCNCC1CCC(C(=O)O)O1. The largest absolute Gasteiger partial charge is 0.479 e. The minimum absolute atomic E-state index is 0.0289. The van der Waals surface area contributed by atoms with Crippen LogP contribution in [0.3, 0.4) is 0 Å². The van der Waals surface area contributed by atoms with Crippen LogP contribution in [-0.2, 0) is 14.3 Å². The van der Waals surface area contributed by atoms with Crippen molar-refractivity contribution in [2.75, 3.05) is 26.3 Å². The number of aliphatic carboxylic acids is 1. The standard InChI is InChI=1S/C12H23NO4/c1-9(2)8-16-6-5-13-7-10-3-4-11(17-10)12(14)15/h9-11,13H,3-8H2,1-2H3,(H,14,15). The highest BCUT2D eigenvalue weighted by Gasteiger charge is 2.29. The van der Waals surface area contributed by atoms with E-state index in [0.717, 1.165) is 19.6 Å². The van der Waals surface area contributed by atoms with Crippen molar-refractivity contribution in [1.82, 2.24) is 5.32 Å². The Kier molecular flexibility index (Phi) is 6.47. The fraction of sp³-hybridized carbons (Fsp3) is 0.917. The smallest absolute Gasteiger partial charge is 0.332 e. The van der Waals surface area contributed by atoms with E-state index in [2.05, 4.69) is 19.2 Å². The van der Waals surface area contributed by atoms with Gasteiger partial charge in [-0.05, 0) is 18.8 Å². The lowest BCUT2D eigenvalue weighted by Crippen LogP contribution is -2.31. The number of carboxylic acids is 1. The van der Waals surface area contributed by atoms with Gasteiger partial charge < -0.3 is 19.9 Å². The van der Waals surface area contributed by atoms with Gasteiger partial charge in [0.15, 0.2) is 6.10 Å². The molecule has 0 saturated carbocycles. The van der Waals surface area contributed by atoms with Crippen LogP contribution in [0.4, 0.5) is 0 Å². The number of hydrogen-bond acceptors (Lipinski definition) is 4. The van der Waals surface area contributed by atoms with Crippen LogP contribution < -0.4 is 5.32 Å². The molecule has 0 spiro atoms. The van der Waals surface area contributed by atoms with Crippen LogP contribution in [0.15, 0.2) is 0 Å². The maximum absolute atomic E-state index is 10.7. The first-order valence-electron chi connectivity index (χ1n) is 6.26. The van der Waals surface area contributed by atoms with Crippen LogP contribution in [-0.4, -0.2) is 49.6 Å². The second-order valence-electron chi connectivity index (χ2n) is 4.84. The normalized spacial score (nSPS) is 24.4. The van der Waals surface area contributed by atoms with E-state index in [-0.39, 0.29) is 6.10 Å². The molecule has 1 rings (SSSR count). The van der Waals surface area contributed by atoms with Gasteiger partial charge >= 0.3 is 5.97 Å². The highest BCUT2D eigenvalue weighted by atomic mass is 16.5. The molecule has 0 bridgehead atoms. The van der Waals surface area contributed by atoms with E-state index < -0.39 is 12.1 Å². The molecule has 1 saturated heterocycles. The highest BCUT2D eigenvalue weighted by molar-refractivity contribution is 5.72. The molecule has 5 nitrogen and oxygen atoms in total. The molecule has 0 aromatic rings. The quantitative estimate of drug-likeness (QED) is 0.621. The Morgan fingerprint density at radius 1 is 1.53 bits per heavy atom. The third-order valence-electron chi connectivity index (χ3n) is 2.63. The van der Waals surface area contributed by atoms with E-state index in [9.17, 15) is 4.79 Å². The number of rotatable bonds is 8. The molecule has 2 atom stereocenters. The van der Waals surface area contributed by atoms with E-state index >= 15 is 0 Å². The molecule has 0 radical (unpaired) electrons. The van der Waals surface area contributed by atoms with Crippen LogP contribution in [0.1, 0.15) is 26.7 Å². The average Bonchev–Trinajstić information content (AvgIpc) is 2.71. The molecule has 1 fully saturated rings. The van der Waals surface area contributed by atoms with E-state index in [1.54, 1.807) is 0 Å². The van der Waals surface area contributed by atoms with Crippen molar-refractivity contribution in [3.63, 3.8) is 0 Å². The van der Waals surface area contributed by atoms with E-state index in [4.69, 9.17) is 14.6 Å². The molecule has 1 aliphatic heterocycles. The maximum atomic E-state index is 10.7. The Morgan fingerprint density at radius 3 is 2.88 bits per heavy atom. The zero-order valence-electron chi connectivity index (χ0n) is 10.6.